The number of thiophene rings is 1. The first-order chi connectivity index (χ1) is 22.2. The third-order valence-electron chi connectivity index (χ3n) is 9.21. The van der Waals surface area contributed by atoms with E-state index in [2.05, 4.69) is 33.5 Å². The number of aldehydes is 1. The van der Waals surface area contributed by atoms with Crippen molar-refractivity contribution >= 4 is 17.6 Å². The molecule has 9 heteroatoms. The molecule has 5 nitrogen and oxygen atoms in total. The van der Waals surface area contributed by atoms with E-state index in [0.717, 1.165) is 54.8 Å². The predicted octanol–water partition coefficient (Wildman–Crippen LogP) is 8.00. The molecule has 0 amide bonds. The van der Waals surface area contributed by atoms with Crippen molar-refractivity contribution in [1.29, 1.82) is 0 Å². The molecule has 5 aromatic rings. The maximum absolute atomic E-state index is 13.6. The van der Waals surface area contributed by atoms with Crippen molar-refractivity contribution in [2.24, 2.45) is 0 Å². The van der Waals surface area contributed by atoms with Gasteiger partial charge in [-0.15, -0.1) is 11.3 Å². The lowest BCUT2D eigenvalue weighted by atomic mass is 9.94. The number of nitrogens with zero attached hydrogens (tertiary/aromatic N) is 2. The van der Waals surface area contributed by atoms with Gasteiger partial charge in [-0.2, -0.15) is 13.2 Å². The van der Waals surface area contributed by atoms with Gasteiger partial charge < -0.3 is 9.78 Å². The van der Waals surface area contributed by atoms with Gasteiger partial charge in [0.05, 0.1) is 28.2 Å². The first-order valence-corrected chi connectivity index (χ1v) is 16.3. The Hall–Kier alpha value is -4.34. The highest BCUT2D eigenvalue weighted by Crippen LogP contribution is 2.54. The van der Waals surface area contributed by atoms with Gasteiger partial charge in [0.2, 0.25) is 0 Å². The number of carbonyl (C=O) groups is 1. The Labute approximate surface area is 268 Å². The molecule has 1 fully saturated rings. The van der Waals surface area contributed by atoms with E-state index in [-0.39, 0.29) is 11.0 Å². The molecule has 3 heterocycles. The number of fused-ring (bicyclic) bond motifs is 1. The highest BCUT2D eigenvalue weighted by Gasteiger charge is 2.50. The van der Waals surface area contributed by atoms with E-state index in [0.29, 0.717) is 42.7 Å². The van der Waals surface area contributed by atoms with Crippen molar-refractivity contribution in [1.82, 2.24) is 14.9 Å². The van der Waals surface area contributed by atoms with E-state index in [1.165, 1.54) is 22.1 Å². The summed E-state index contributed by atoms with van der Waals surface area (Å²) in [6, 6.07) is 24.8. The average Bonchev–Trinajstić information content (AvgIpc) is 3.78. The van der Waals surface area contributed by atoms with Crippen LogP contribution in [-0.2, 0) is 29.4 Å². The number of carbonyl (C=O) groups excluding carboxylic acids is 1. The van der Waals surface area contributed by atoms with Gasteiger partial charge in [0.1, 0.15) is 12.1 Å². The second kappa shape index (κ2) is 12.1. The SMILES string of the molecule is O=CC(CN1CCCc2nc(C3(c4cc(-c5ccccc5)cs4)CC3)[nH]c(=O)c2C1)c1cccc(-c2cccc(C(F)(F)F)c2)c1. The fraction of sp³-hybridized carbons (Fsp3) is 0.270. The Morgan fingerprint density at radius 3 is 2.41 bits per heavy atom. The van der Waals surface area contributed by atoms with Crippen LogP contribution < -0.4 is 5.56 Å². The average molecular weight is 640 g/mol. The first kappa shape index (κ1) is 30.3. The fourth-order valence-corrected chi connectivity index (χ4v) is 7.67. The second-order valence-corrected chi connectivity index (χ2v) is 13.2. The number of aromatic nitrogens is 2. The van der Waals surface area contributed by atoms with E-state index < -0.39 is 17.7 Å². The summed E-state index contributed by atoms with van der Waals surface area (Å²) in [4.78, 5) is 37.4. The third-order valence-corrected chi connectivity index (χ3v) is 10.3. The molecule has 0 radical (unpaired) electrons. The lowest BCUT2D eigenvalue weighted by Gasteiger charge is -2.24. The van der Waals surface area contributed by atoms with Crippen molar-refractivity contribution in [3.63, 3.8) is 0 Å². The highest BCUT2D eigenvalue weighted by atomic mass is 32.1. The van der Waals surface area contributed by atoms with E-state index in [1.54, 1.807) is 35.6 Å². The molecular formula is C37H32F3N3O2S. The zero-order valence-electron chi connectivity index (χ0n) is 25.0. The molecule has 1 aliphatic carbocycles. The van der Waals surface area contributed by atoms with E-state index in [4.69, 9.17) is 4.98 Å². The summed E-state index contributed by atoms with van der Waals surface area (Å²) in [5.74, 6) is 0.231. The van der Waals surface area contributed by atoms with Gasteiger partial charge in [-0.3, -0.25) is 9.69 Å². The number of hydrogen-bond donors (Lipinski definition) is 1. The molecular weight excluding hydrogens is 607 g/mol. The summed E-state index contributed by atoms with van der Waals surface area (Å²) < 4.78 is 39.9. The Balaban J connectivity index is 1.10. The zero-order valence-corrected chi connectivity index (χ0v) is 25.8. The molecule has 0 saturated heterocycles. The molecule has 1 aliphatic heterocycles. The first-order valence-electron chi connectivity index (χ1n) is 15.5. The number of nitrogens with one attached hydrogen (secondary N) is 1. The number of halogens is 3. The van der Waals surface area contributed by atoms with E-state index >= 15 is 0 Å². The fourth-order valence-electron chi connectivity index (χ4n) is 6.49. The van der Waals surface area contributed by atoms with Crippen LogP contribution in [0.5, 0.6) is 0 Å². The van der Waals surface area contributed by atoms with Crippen molar-refractivity contribution < 1.29 is 18.0 Å². The Kier molecular flexibility index (Phi) is 7.98. The predicted molar refractivity (Wildman–Crippen MR) is 174 cm³/mol. The summed E-state index contributed by atoms with van der Waals surface area (Å²) in [6.07, 6.45) is -0.209. The summed E-state index contributed by atoms with van der Waals surface area (Å²) >= 11 is 1.71. The standard InChI is InChI=1S/C37H32F3N3O2S/c38-37(39,40)30-12-5-11-27(18-30)25-9-4-10-26(17-25)29(22-44)20-43-16-6-13-32-31(21-43)34(45)42-35(41-32)36(14-15-36)33-19-28(23-46-33)24-7-2-1-3-8-24/h1-5,7-12,17-19,22-23,29H,6,13-16,20-21H2,(H,41,42,45). The number of hydrogen-bond acceptors (Lipinski definition) is 5. The minimum absolute atomic E-state index is 0.132. The van der Waals surface area contributed by atoms with E-state index in [9.17, 15) is 22.8 Å². The smallest absolute Gasteiger partial charge is 0.309 e. The number of alkyl halides is 3. The van der Waals surface area contributed by atoms with Crippen LogP contribution in [0.2, 0.25) is 0 Å². The van der Waals surface area contributed by atoms with Crippen molar-refractivity contribution in [2.75, 3.05) is 13.1 Å². The molecule has 1 saturated carbocycles. The summed E-state index contributed by atoms with van der Waals surface area (Å²) in [5, 5.41) is 2.17. The summed E-state index contributed by atoms with van der Waals surface area (Å²) in [6.45, 7) is 1.45. The van der Waals surface area contributed by atoms with Crippen LogP contribution in [-0.4, -0.2) is 34.2 Å². The molecule has 234 valence electrons. The molecule has 1 unspecified atom stereocenters. The van der Waals surface area contributed by atoms with Crippen LogP contribution in [0.4, 0.5) is 13.2 Å². The van der Waals surface area contributed by atoms with Gasteiger partial charge in [-0.1, -0.05) is 66.7 Å². The van der Waals surface area contributed by atoms with Crippen LogP contribution in [0.1, 0.15) is 58.3 Å². The number of H-pyrrole nitrogens is 1. The maximum atomic E-state index is 13.6. The maximum Gasteiger partial charge on any atom is 0.416 e. The molecule has 46 heavy (non-hydrogen) atoms. The largest absolute Gasteiger partial charge is 0.416 e. The van der Waals surface area contributed by atoms with Crippen molar-refractivity contribution in [2.45, 2.75) is 49.7 Å². The Bertz CT molecular complexity index is 1950. The molecule has 0 spiro atoms. The van der Waals surface area contributed by atoms with Crippen LogP contribution in [0.3, 0.4) is 0 Å². The summed E-state index contributed by atoms with van der Waals surface area (Å²) in [5.41, 5.74) is 4.46. The normalized spacial score (nSPS) is 16.8. The Morgan fingerprint density at radius 1 is 0.935 bits per heavy atom. The Morgan fingerprint density at radius 2 is 1.67 bits per heavy atom. The minimum Gasteiger partial charge on any atom is -0.309 e. The van der Waals surface area contributed by atoms with Crippen LogP contribution >= 0.6 is 11.3 Å². The van der Waals surface area contributed by atoms with Gasteiger partial charge in [0, 0.05) is 18.0 Å². The summed E-state index contributed by atoms with van der Waals surface area (Å²) in [7, 11) is 0. The molecule has 2 aliphatic rings. The number of aryl methyl sites for hydroxylation is 1. The highest BCUT2D eigenvalue weighted by molar-refractivity contribution is 7.10. The van der Waals surface area contributed by atoms with Gasteiger partial charge in [-0.05, 0) is 83.6 Å². The lowest BCUT2D eigenvalue weighted by molar-refractivity contribution is -0.137. The number of benzene rings is 3. The van der Waals surface area contributed by atoms with Gasteiger partial charge in [0.15, 0.2) is 0 Å². The van der Waals surface area contributed by atoms with E-state index in [1.807, 2.05) is 24.3 Å². The monoisotopic (exact) mass is 639 g/mol. The third kappa shape index (κ3) is 5.97. The zero-order chi connectivity index (χ0) is 31.9. The lowest BCUT2D eigenvalue weighted by Crippen LogP contribution is -2.32. The molecule has 7 rings (SSSR count). The molecule has 0 bridgehead atoms. The second-order valence-electron chi connectivity index (χ2n) is 12.3. The molecule has 1 atom stereocenters. The molecule has 2 aromatic heterocycles. The number of aromatic amines is 1. The van der Waals surface area contributed by atoms with Crippen molar-refractivity contribution in [3.05, 3.63) is 134 Å². The van der Waals surface area contributed by atoms with Gasteiger partial charge in [-0.25, -0.2) is 4.98 Å². The van der Waals surface area contributed by atoms with Gasteiger partial charge >= 0.3 is 6.18 Å². The van der Waals surface area contributed by atoms with Crippen LogP contribution in [0, 0.1) is 0 Å². The van der Waals surface area contributed by atoms with Crippen LogP contribution in [0.25, 0.3) is 22.3 Å². The minimum atomic E-state index is -4.44. The van der Waals surface area contributed by atoms with Gasteiger partial charge in [0.25, 0.3) is 5.56 Å². The van der Waals surface area contributed by atoms with Crippen LogP contribution in [0.15, 0.2) is 95.1 Å². The molecule has 1 N–H and O–H groups in total. The molecule has 3 aromatic carbocycles. The quantitative estimate of drug-likeness (QED) is 0.175. The van der Waals surface area contributed by atoms with Crippen molar-refractivity contribution in [3.8, 4) is 22.3 Å². The topological polar surface area (TPSA) is 66.1 Å². The number of rotatable bonds is 8.